The first kappa shape index (κ1) is 14.0. The largest absolute Gasteiger partial charge is 0.465 e. The Hall–Kier alpha value is -2.08. The molecule has 1 aromatic carbocycles. The Kier molecular flexibility index (Phi) is 5.13. The summed E-state index contributed by atoms with van der Waals surface area (Å²) in [5.41, 5.74) is 6.85. The Bertz CT molecular complexity index is 446. The van der Waals surface area contributed by atoms with E-state index in [0.29, 0.717) is 23.5 Å². The van der Waals surface area contributed by atoms with Gasteiger partial charge in [0.25, 0.3) is 0 Å². The molecular weight excluding hydrogens is 236 g/mol. The fourth-order valence-corrected chi connectivity index (χ4v) is 1.33. The fourth-order valence-electron chi connectivity index (χ4n) is 1.33. The van der Waals surface area contributed by atoms with Crippen molar-refractivity contribution in [1.29, 1.82) is 0 Å². The zero-order valence-corrected chi connectivity index (χ0v) is 10.4. The van der Waals surface area contributed by atoms with Crippen LogP contribution < -0.4 is 11.1 Å². The van der Waals surface area contributed by atoms with E-state index in [-0.39, 0.29) is 12.3 Å². The van der Waals surface area contributed by atoms with Gasteiger partial charge in [-0.05, 0) is 18.2 Å². The number of nitrogens with one attached hydrogen (secondary N) is 1. The van der Waals surface area contributed by atoms with Crippen LogP contribution in [-0.4, -0.2) is 32.7 Å². The van der Waals surface area contributed by atoms with Crippen LogP contribution in [0.2, 0.25) is 0 Å². The SMILES string of the molecule is COCCC(=O)Nc1ccc(C(=O)OC)cc1N. The number of carbonyl (C=O) groups is 2. The average molecular weight is 252 g/mol. The molecule has 0 aromatic heterocycles. The minimum absolute atomic E-state index is 0.200. The lowest BCUT2D eigenvalue weighted by molar-refractivity contribution is -0.117. The van der Waals surface area contributed by atoms with E-state index in [2.05, 4.69) is 10.1 Å². The number of rotatable bonds is 5. The predicted octanol–water partition coefficient (Wildman–Crippen LogP) is 1.03. The number of amides is 1. The van der Waals surface area contributed by atoms with Gasteiger partial charge >= 0.3 is 5.97 Å². The van der Waals surface area contributed by atoms with E-state index in [1.54, 1.807) is 6.07 Å². The second-order valence-electron chi connectivity index (χ2n) is 3.58. The summed E-state index contributed by atoms with van der Waals surface area (Å²) < 4.78 is 9.36. The van der Waals surface area contributed by atoms with Crippen molar-refractivity contribution in [2.45, 2.75) is 6.42 Å². The number of nitrogen functional groups attached to an aromatic ring is 1. The molecule has 0 aliphatic rings. The predicted molar refractivity (Wildman–Crippen MR) is 67.3 cm³/mol. The van der Waals surface area contributed by atoms with Crippen LogP contribution in [-0.2, 0) is 14.3 Å². The Balaban J connectivity index is 2.74. The van der Waals surface area contributed by atoms with Crippen molar-refractivity contribution in [2.24, 2.45) is 0 Å². The van der Waals surface area contributed by atoms with Gasteiger partial charge in [0.05, 0.1) is 37.1 Å². The van der Waals surface area contributed by atoms with Gasteiger partial charge in [0, 0.05) is 7.11 Å². The Morgan fingerprint density at radius 3 is 2.61 bits per heavy atom. The van der Waals surface area contributed by atoms with Crippen LogP contribution in [0.4, 0.5) is 11.4 Å². The summed E-state index contributed by atoms with van der Waals surface area (Å²) >= 11 is 0. The molecule has 0 saturated carbocycles. The highest BCUT2D eigenvalue weighted by Crippen LogP contribution is 2.20. The van der Waals surface area contributed by atoms with E-state index in [1.165, 1.54) is 26.4 Å². The van der Waals surface area contributed by atoms with Crippen molar-refractivity contribution >= 4 is 23.3 Å². The topological polar surface area (TPSA) is 90.6 Å². The molecular formula is C12H16N2O4. The van der Waals surface area contributed by atoms with Crippen molar-refractivity contribution in [3.05, 3.63) is 23.8 Å². The fraction of sp³-hybridized carbons (Fsp3) is 0.333. The Morgan fingerprint density at radius 2 is 2.06 bits per heavy atom. The highest BCUT2D eigenvalue weighted by Gasteiger charge is 2.09. The molecule has 0 aliphatic heterocycles. The summed E-state index contributed by atoms with van der Waals surface area (Å²) in [5, 5.41) is 2.63. The Labute approximate surface area is 105 Å². The van der Waals surface area contributed by atoms with Gasteiger partial charge in [0.1, 0.15) is 0 Å². The van der Waals surface area contributed by atoms with Crippen LogP contribution in [0.3, 0.4) is 0 Å². The second-order valence-corrected chi connectivity index (χ2v) is 3.58. The van der Waals surface area contributed by atoms with Gasteiger partial charge in [0.15, 0.2) is 0 Å². The van der Waals surface area contributed by atoms with E-state index in [4.69, 9.17) is 10.5 Å². The van der Waals surface area contributed by atoms with Crippen LogP contribution in [0.1, 0.15) is 16.8 Å². The monoisotopic (exact) mass is 252 g/mol. The maximum atomic E-state index is 11.5. The third kappa shape index (κ3) is 3.74. The summed E-state index contributed by atoms with van der Waals surface area (Å²) in [6.07, 6.45) is 0.245. The van der Waals surface area contributed by atoms with E-state index in [1.807, 2.05) is 0 Å². The average Bonchev–Trinajstić information content (AvgIpc) is 2.37. The van der Waals surface area contributed by atoms with Gasteiger partial charge in [-0.25, -0.2) is 4.79 Å². The summed E-state index contributed by atoms with van der Waals surface area (Å²) in [5.74, 6) is -0.673. The van der Waals surface area contributed by atoms with E-state index < -0.39 is 5.97 Å². The molecule has 0 heterocycles. The lowest BCUT2D eigenvalue weighted by Crippen LogP contribution is -2.15. The molecule has 98 valence electrons. The molecule has 0 unspecified atom stereocenters. The minimum atomic E-state index is -0.473. The first-order chi connectivity index (χ1) is 8.58. The molecule has 6 heteroatoms. The van der Waals surface area contributed by atoms with Crippen molar-refractivity contribution in [3.63, 3.8) is 0 Å². The number of esters is 1. The van der Waals surface area contributed by atoms with Gasteiger partial charge in [-0.2, -0.15) is 0 Å². The van der Waals surface area contributed by atoms with Crippen LogP contribution in [0.15, 0.2) is 18.2 Å². The summed E-state index contributed by atoms with van der Waals surface area (Å²) in [4.78, 5) is 22.7. The van der Waals surface area contributed by atoms with Crippen molar-refractivity contribution < 1.29 is 19.1 Å². The molecule has 1 rings (SSSR count). The molecule has 3 N–H and O–H groups in total. The van der Waals surface area contributed by atoms with Crippen LogP contribution in [0, 0.1) is 0 Å². The third-order valence-electron chi connectivity index (χ3n) is 2.28. The molecule has 0 bridgehead atoms. The summed E-state index contributed by atoms with van der Waals surface area (Å²) in [7, 11) is 2.81. The molecule has 0 saturated heterocycles. The molecule has 0 spiro atoms. The summed E-state index contributed by atoms with van der Waals surface area (Å²) in [6.45, 7) is 0.339. The molecule has 0 radical (unpaired) electrons. The van der Waals surface area contributed by atoms with Crippen molar-refractivity contribution in [3.8, 4) is 0 Å². The lowest BCUT2D eigenvalue weighted by Gasteiger charge is -2.09. The number of hydrogen-bond donors (Lipinski definition) is 2. The zero-order chi connectivity index (χ0) is 13.5. The molecule has 0 fully saturated rings. The molecule has 1 aromatic rings. The first-order valence-electron chi connectivity index (χ1n) is 5.35. The first-order valence-corrected chi connectivity index (χ1v) is 5.35. The van der Waals surface area contributed by atoms with Gasteiger partial charge in [-0.1, -0.05) is 0 Å². The standard InChI is InChI=1S/C12H16N2O4/c1-17-6-5-11(15)14-10-4-3-8(7-9(10)13)12(16)18-2/h3-4,7H,5-6,13H2,1-2H3,(H,14,15). The molecule has 1 amide bonds. The minimum Gasteiger partial charge on any atom is -0.465 e. The van der Waals surface area contributed by atoms with E-state index in [0.717, 1.165) is 0 Å². The third-order valence-corrected chi connectivity index (χ3v) is 2.28. The Morgan fingerprint density at radius 1 is 1.33 bits per heavy atom. The number of benzene rings is 1. The molecule has 0 aliphatic carbocycles. The van der Waals surface area contributed by atoms with Gasteiger partial charge in [0.2, 0.25) is 5.91 Å². The maximum Gasteiger partial charge on any atom is 0.337 e. The quantitative estimate of drug-likeness (QED) is 0.603. The van der Waals surface area contributed by atoms with Crippen LogP contribution >= 0.6 is 0 Å². The van der Waals surface area contributed by atoms with Gasteiger partial charge in [-0.15, -0.1) is 0 Å². The highest BCUT2D eigenvalue weighted by molar-refractivity contribution is 5.96. The number of anilines is 2. The lowest BCUT2D eigenvalue weighted by atomic mass is 10.1. The second kappa shape index (κ2) is 6.61. The number of methoxy groups -OCH3 is 2. The molecule has 6 nitrogen and oxygen atoms in total. The zero-order valence-electron chi connectivity index (χ0n) is 10.4. The van der Waals surface area contributed by atoms with Crippen molar-refractivity contribution in [2.75, 3.05) is 31.9 Å². The normalized spacial score (nSPS) is 9.89. The molecule has 0 atom stereocenters. The number of hydrogen-bond acceptors (Lipinski definition) is 5. The van der Waals surface area contributed by atoms with E-state index in [9.17, 15) is 9.59 Å². The number of nitrogens with two attached hydrogens (primary N) is 1. The number of carbonyl (C=O) groups excluding carboxylic acids is 2. The highest BCUT2D eigenvalue weighted by atomic mass is 16.5. The smallest absolute Gasteiger partial charge is 0.337 e. The maximum absolute atomic E-state index is 11.5. The van der Waals surface area contributed by atoms with Gasteiger partial charge in [-0.3, -0.25) is 4.79 Å². The van der Waals surface area contributed by atoms with Crippen LogP contribution in [0.25, 0.3) is 0 Å². The van der Waals surface area contributed by atoms with Crippen LogP contribution in [0.5, 0.6) is 0 Å². The summed E-state index contributed by atoms with van der Waals surface area (Å²) in [6, 6.07) is 4.55. The van der Waals surface area contributed by atoms with Crippen molar-refractivity contribution in [1.82, 2.24) is 0 Å². The van der Waals surface area contributed by atoms with Gasteiger partial charge < -0.3 is 20.5 Å². The molecule has 18 heavy (non-hydrogen) atoms. The van der Waals surface area contributed by atoms with E-state index >= 15 is 0 Å². The number of ether oxygens (including phenoxy) is 2.